The maximum absolute atomic E-state index is 11.9. The third-order valence-corrected chi connectivity index (χ3v) is 3.59. The summed E-state index contributed by atoms with van der Waals surface area (Å²) in [6.07, 6.45) is 4.17. The fraction of sp³-hybridized carbons (Fsp3) is 0.538. The zero-order chi connectivity index (χ0) is 12.0. The molecule has 0 radical (unpaired) electrons. The molecule has 4 nitrogen and oxygen atoms in total. The summed E-state index contributed by atoms with van der Waals surface area (Å²) >= 11 is 0. The van der Waals surface area contributed by atoms with Crippen LogP contribution in [0.5, 0.6) is 0 Å². The summed E-state index contributed by atoms with van der Waals surface area (Å²) in [6, 6.07) is 0. The molecule has 0 aromatic carbocycles. The van der Waals surface area contributed by atoms with Crippen molar-refractivity contribution in [2.45, 2.75) is 46.1 Å². The van der Waals surface area contributed by atoms with Gasteiger partial charge in [-0.1, -0.05) is 0 Å². The molecule has 0 saturated carbocycles. The van der Waals surface area contributed by atoms with Crippen LogP contribution in [-0.4, -0.2) is 9.55 Å². The molecule has 3 rings (SSSR count). The van der Waals surface area contributed by atoms with Crippen molar-refractivity contribution in [3.05, 3.63) is 27.6 Å². The Labute approximate surface area is 99.3 Å². The molecule has 0 amide bonds. The highest BCUT2D eigenvalue weighted by atomic mass is 16.4. The van der Waals surface area contributed by atoms with Crippen molar-refractivity contribution in [3.63, 3.8) is 0 Å². The van der Waals surface area contributed by atoms with Crippen LogP contribution in [0.15, 0.2) is 9.21 Å². The second-order valence-corrected chi connectivity index (χ2v) is 4.60. The van der Waals surface area contributed by atoms with Crippen molar-refractivity contribution in [1.82, 2.24) is 9.55 Å². The van der Waals surface area contributed by atoms with E-state index < -0.39 is 0 Å². The summed E-state index contributed by atoms with van der Waals surface area (Å²) < 4.78 is 7.52. The van der Waals surface area contributed by atoms with Crippen molar-refractivity contribution < 1.29 is 4.42 Å². The molecule has 17 heavy (non-hydrogen) atoms. The van der Waals surface area contributed by atoms with Crippen LogP contribution in [0.1, 0.15) is 36.9 Å². The lowest BCUT2D eigenvalue weighted by Crippen LogP contribution is -2.12. The minimum atomic E-state index is -0.282. The maximum Gasteiger partial charge on any atom is 0.364 e. The molecular formula is C13H16N2O2. The quantitative estimate of drug-likeness (QED) is 0.757. The molecule has 2 aromatic heterocycles. The molecule has 0 fully saturated rings. The first-order valence-electron chi connectivity index (χ1n) is 6.24. The molecule has 90 valence electrons. The highest BCUT2D eigenvalue weighted by Crippen LogP contribution is 2.27. The van der Waals surface area contributed by atoms with Gasteiger partial charge in [-0.25, -0.2) is 9.78 Å². The Hall–Kier alpha value is -1.58. The van der Waals surface area contributed by atoms with Crippen molar-refractivity contribution >= 4 is 11.0 Å². The Kier molecular flexibility index (Phi) is 2.31. The molecule has 0 atom stereocenters. The Morgan fingerprint density at radius 3 is 2.88 bits per heavy atom. The Balaban J connectivity index is 2.46. The van der Waals surface area contributed by atoms with E-state index in [1.165, 1.54) is 12.0 Å². The highest BCUT2D eigenvalue weighted by Gasteiger charge is 2.21. The van der Waals surface area contributed by atoms with Crippen LogP contribution < -0.4 is 5.63 Å². The number of aryl methyl sites for hydroxylation is 4. The van der Waals surface area contributed by atoms with E-state index in [1.54, 1.807) is 0 Å². The van der Waals surface area contributed by atoms with Gasteiger partial charge in [0.25, 0.3) is 0 Å². The summed E-state index contributed by atoms with van der Waals surface area (Å²) in [4.78, 5) is 16.2. The lowest BCUT2D eigenvalue weighted by molar-refractivity contribution is 0.434. The zero-order valence-corrected chi connectivity index (χ0v) is 10.2. The van der Waals surface area contributed by atoms with Crippen LogP contribution >= 0.6 is 0 Å². The summed E-state index contributed by atoms with van der Waals surface area (Å²) in [5.74, 6) is 1.78. The number of imidazole rings is 1. The zero-order valence-electron chi connectivity index (χ0n) is 10.2. The van der Waals surface area contributed by atoms with E-state index in [-0.39, 0.29) is 5.63 Å². The Morgan fingerprint density at radius 2 is 2.12 bits per heavy atom. The first-order valence-corrected chi connectivity index (χ1v) is 6.24. The number of hydrogen-bond acceptors (Lipinski definition) is 3. The largest absolute Gasteiger partial charge is 0.426 e. The number of rotatable bonds is 1. The van der Waals surface area contributed by atoms with Gasteiger partial charge in [0.2, 0.25) is 0 Å². The van der Waals surface area contributed by atoms with E-state index in [2.05, 4.69) is 16.5 Å². The third-order valence-electron chi connectivity index (χ3n) is 3.59. The predicted octanol–water partition coefficient (Wildman–Crippen LogP) is 2.20. The van der Waals surface area contributed by atoms with E-state index in [0.29, 0.717) is 5.52 Å². The number of aromatic nitrogens is 2. The van der Waals surface area contributed by atoms with Gasteiger partial charge in [0.1, 0.15) is 11.6 Å². The second kappa shape index (κ2) is 3.72. The van der Waals surface area contributed by atoms with E-state index in [0.717, 1.165) is 42.9 Å². The van der Waals surface area contributed by atoms with Gasteiger partial charge in [-0.15, -0.1) is 0 Å². The average molecular weight is 232 g/mol. The van der Waals surface area contributed by atoms with Crippen molar-refractivity contribution in [3.8, 4) is 0 Å². The molecule has 1 aliphatic carbocycles. The predicted molar refractivity (Wildman–Crippen MR) is 65.3 cm³/mol. The van der Waals surface area contributed by atoms with Gasteiger partial charge in [-0.3, -0.25) is 0 Å². The lowest BCUT2D eigenvalue weighted by atomic mass is 9.96. The molecule has 0 N–H and O–H groups in total. The van der Waals surface area contributed by atoms with Crippen molar-refractivity contribution in [1.29, 1.82) is 0 Å². The minimum absolute atomic E-state index is 0.282. The minimum Gasteiger partial charge on any atom is -0.426 e. The van der Waals surface area contributed by atoms with Gasteiger partial charge in [0.15, 0.2) is 5.52 Å². The van der Waals surface area contributed by atoms with Crippen LogP contribution in [0.25, 0.3) is 11.0 Å². The molecule has 0 aliphatic heterocycles. The molecule has 2 aromatic rings. The normalized spacial score (nSPS) is 15.2. The van der Waals surface area contributed by atoms with E-state index in [1.807, 2.05) is 6.92 Å². The van der Waals surface area contributed by atoms with Gasteiger partial charge in [-0.2, -0.15) is 0 Å². The van der Waals surface area contributed by atoms with Crippen LogP contribution in [0.4, 0.5) is 0 Å². The third kappa shape index (κ3) is 1.43. The molecular weight excluding hydrogens is 216 g/mol. The molecule has 2 heterocycles. The molecule has 0 spiro atoms. The van der Waals surface area contributed by atoms with Crippen LogP contribution in [0.3, 0.4) is 0 Å². The molecule has 0 saturated heterocycles. The van der Waals surface area contributed by atoms with Gasteiger partial charge >= 0.3 is 5.63 Å². The number of hydrogen-bond donors (Lipinski definition) is 0. The van der Waals surface area contributed by atoms with E-state index in [4.69, 9.17) is 4.42 Å². The van der Waals surface area contributed by atoms with Gasteiger partial charge < -0.3 is 8.98 Å². The standard InChI is InChI=1S/C13H16N2O2/c1-3-15-8(2)14-11-12(15)9-6-4-5-7-10(9)17-13(11)16/h3-7H2,1-2H3. The van der Waals surface area contributed by atoms with Crippen LogP contribution in [0.2, 0.25) is 0 Å². The smallest absolute Gasteiger partial charge is 0.364 e. The summed E-state index contributed by atoms with van der Waals surface area (Å²) in [5, 5.41) is 0. The highest BCUT2D eigenvalue weighted by molar-refractivity contribution is 5.79. The molecule has 0 bridgehead atoms. The topological polar surface area (TPSA) is 48.0 Å². The summed E-state index contributed by atoms with van der Waals surface area (Å²) in [6.45, 7) is 4.87. The maximum atomic E-state index is 11.9. The SMILES string of the molecule is CCn1c(C)nc2c(=O)oc3c(c21)CCCC3. The van der Waals surface area contributed by atoms with Crippen molar-refractivity contribution in [2.75, 3.05) is 0 Å². The lowest BCUT2D eigenvalue weighted by Gasteiger charge is -2.15. The van der Waals surface area contributed by atoms with Gasteiger partial charge in [-0.05, 0) is 33.1 Å². The first-order chi connectivity index (χ1) is 8.22. The van der Waals surface area contributed by atoms with Gasteiger partial charge in [0, 0.05) is 18.5 Å². The summed E-state index contributed by atoms with van der Waals surface area (Å²) in [7, 11) is 0. The Bertz CT molecular complexity index is 637. The summed E-state index contributed by atoms with van der Waals surface area (Å²) in [5.41, 5.74) is 2.44. The van der Waals surface area contributed by atoms with Gasteiger partial charge in [0.05, 0.1) is 5.52 Å². The van der Waals surface area contributed by atoms with Crippen molar-refractivity contribution in [2.24, 2.45) is 0 Å². The van der Waals surface area contributed by atoms with Crippen LogP contribution in [0, 0.1) is 6.92 Å². The monoisotopic (exact) mass is 232 g/mol. The fourth-order valence-electron chi connectivity index (χ4n) is 2.80. The van der Waals surface area contributed by atoms with E-state index in [9.17, 15) is 4.79 Å². The number of fused-ring (bicyclic) bond motifs is 3. The van der Waals surface area contributed by atoms with E-state index >= 15 is 0 Å². The second-order valence-electron chi connectivity index (χ2n) is 4.60. The molecule has 4 heteroatoms. The molecule has 0 unspecified atom stereocenters. The molecule has 1 aliphatic rings. The van der Waals surface area contributed by atoms with Crippen LogP contribution in [-0.2, 0) is 19.4 Å². The first kappa shape index (κ1) is 10.6. The fourth-order valence-corrected chi connectivity index (χ4v) is 2.80. The Morgan fingerprint density at radius 1 is 1.35 bits per heavy atom. The number of nitrogens with zero attached hydrogens (tertiary/aromatic N) is 2. The average Bonchev–Trinajstić information content (AvgIpc) is 2.67.